The standard InChI is InChI=1S/C18H15ClF2N4O/c1-24-10-13(16(20)21)23-17(24)12-4-2-11(3-5-12)9-25-14-6-7-26-15(14)8-22-18(25)19/h2-8,10,16,18H,9H2,1H3. The predicted molar refractivity (Wildman–Crippen MR) is 95.7 cm³/mol. The van der Waals surface area contributed by atoms with Crippen LogP contribution < -0.4 is 4.90 Å². The second-order valence-corrected chi connectivity index (χ2v) is 6.38. The van der Waals surface area contributed by atoms with Crippen molar-refractivity contribution in [3.05, 3.63) is 59.8 Å². The summed E-state index contributed by atoms with van der Waals surface area (Å²) in [6.07, 6.45) is 1.98. The van der Waals surface area contributed by atoms with Crippen molar-refractivity contribution in [2.24, 2.45) is 12.0 Å². The average molecular weight is 377 g/mol. The molecule has 0 radical (unpaired) electrons. The number of benzene rings is 1. The molecule has 134 valence electrons. The van der Waals surface area contributed by atoms with Crippen LogP contribution in [0.25, 0.3) is 11.4 Å². The minimum Gasteiger partial charge on any atom is -0.461 e. The lowest BCUT2D eigenvalue weighted by Crippen LogP contribution is -2.32. The molecule has 0 amide bonds. The number of fused-ring (bicyclic) bond motifs is 1. The maximum absolute atomic E-state index is 12.8. The zero-order chi connectivity index (χ0) is 18.3. The lowest BCUT2D eigenvalue weighted by atomic mass is 10.1. The minimum absolute atomic E-state index is 0.227. The lowest BCUT2D eigenvalue weighted by Gasteiger charge is -2.28. The quantitative estimate of drug-likeness (QED) is 0.494. The van der Waals surface area contributed by atoms with E-state index in [2.05, 4.69) is 9.98 Å². The highest BCUT2D eigenvalue weighted by Gasteiger charge is 2.24. The van der Waals surface area contributed by atoms with Gasteiger partial charge in [-0.3, -0.25) is 0 Å². The number of rotatable bonds is 4. The van der Waals surface area contributed by atoms with Gasteiger partial charge >= 0.3 is 0 Å². The van der Waals surface area contributed by atoms with Crippen LogP contribution in [-0.2, 0) is 13.6 Å². The maximum atomic E-state index is 12.8. The SMILES string of the molecule is Cn1cc(C(F)F)nc1-c1ccc(CN2c3ccoc3C=NC2Cl)cc1. The first-order valence-electron chi connectivity index (χ1n) is 7.95. The van der Waals surface area contributed by atoms with E-state index < -0.39 is 12.1 Å². The molecule has 0 fully saturated rings. The van der Waals surface area contributed by atoms with Gasteiger partial charge in [0.15, 0.2) is 11.4 Å². The molecule has 5 nitrogen and oxygen atoms in total. The van der Waals surface area contributed by atoms with Gasteiger partial charge in [0.2, 0.25) is 0 Å². The van der Waals surface area contributed by atoms with E-state index >= 15 is 0 Å². The average Bonchev–Trinajstić information content (AvgIpc) is 3.25. The third-order valence-corrected chi connectivity index (χ3v) is 4.59. The fourth-order valence-corrected chi connectivity index (χ4v) is 3.18. The van der Waals surface area contributed by atoms with Gasteiger partial charge in [0, 0.05) is 31.4 Å². The second-order valence-electron chi connectivity index (χ2n) is 5.98. The third kappa shape index (κ3) is 2.99. The molecular weight excluding hydrogens is 362 g/mol. The Labute approximate surface area is 153 Å². The van der Waals surface area contributed by atoms with Crippen LogP contribution in [0.3, 0.4) is 0 Å². The summed E-state index contributed by atoms with van der Waals surface area (Å²) in [7, 11) is 1.70. The number of hydrogen-bond acceptors (Lipinski definition) is 4. The number of anilines is 1. The van der Waals surface area contributed by atoms with E-state index in [9.17, 15) is 8.78 Å². The van der Waals surface area contributed by atoms with Crippen LogP contribution in [0.15, 0.2) is 52.2 Å². The highest BCUT2D eigenvalue weighted by atomic mass is 35.5. The van der Waals surface area contributed by atoms with Crippen molar-refractivity contribution in [3.63, 3.8) is 0 Å². The molecule has 1 aromatic carbocycles. The smallest absolute Gasteiger partial charge is 0.281 e. The van der Waals surface area contributed by atoms with Crippen LogP contribution in [-0.4, -0.2) is 21.4 Å². The number of imidazole rings is 1. The molecule has 0 saturated heterocycles. The Hall–Kier alpha value is -2.67. The van der Waals surface area contributed by atoms with Gasteiger partial charge in [-0.2, -0.15) is 0 Å². The van der Waals surface area contributed by atoms with Gasteiger partial charge < -0.3 is 13.9 Å². The zero-order valence-electron chi connectivity index (χ0n) is 13.8. The summed E-state index contributed by atoms with van der Waals surface area (Å²) in [6.45, 7) is 0.543. The summed E-state index contributed by atoms with van der Waals surface area (Å²) in [6, 6.07) is 9.42. The van der Waals surface area contributed by atoms with E-state index in [1.54, 1.807) is 24.1 Å². The second kappa shape index (κ2) is 6.57. The van der Waals surface area contributed by atoms with Crippen LogP contribution in [0, 0.1) is 0 Å². The van der Waals surface area contributed by atoms with Crippen LogP contribution in [0.5, 0.6) is 0 Å². The Morgan fingerprint density at radius 2 is 2.00 bits per heavy atom. The fourth-order valence-electron chi connectivity index (χ4n) is 2.95. The number of nitrogens with zero attached hydrogens (tertiary/aromatic N) is 4. The number of aliphatic imine (C=N–C) groups is 1. The van der Waals surface area contributed by atoms with Crippen molar-refractivity contribution in [1.29, 1.82) is 0 Å². The molecule has 1 aliphatic heterocycles. The normalized spacial score (nSPS) is 16.3. The molecule has 0 N–H and O–H groups in total. The van der Waals surface area contributed by atoms with Crippen LogP contribution >= 0.6 is 11.6 Å². The monoisotopic (exact) mass is 376 g/mol. The van der Waals surface area contributed by atoms with E-state index in [1.807, 2.05) is 35.2 Å². The minimum atomic E-state index is -2.58. The largest absolute Gasteiger partial charge is 0.461 e. The van der Waals surface area contributed by atoms with E-state index in [-0.39, 0.29) is 5.69 Å². The molecule has 1 atom stereocenters. The van der Waals surface area contributed by atoms with Gasteiger partial charge in [-0.15, -0.1) is 0 Å². The Bertz CT molecular complexity index is 949. The third-order valence-electron chi connectivity index (χ3n) is 4.24. The number of hydrogen-bond donors (Lipinski definition) is 0. The molecule has 8 heteroatoms. The molecular formula is C18H15ClF2N4O. The Kier molecular flexibility index (Phi) is 4.24. The molecule has 3 heterocycles. The van der Waals surface area contributed by atoms with E-state index in [4.69, 9.17) is 16.0 Å². The summed E-state index contributed by atoms with van der Waals surface area (Å²) in [5.74, 6) is 1.17. The Morgan fingerprint density at radius 3 is 2.69 bits per heavy atom. The van der Waals surface area contributed by atoms with Gasteiger partial charge in [0.25, 0.3) is 6.43 Å². The molecule has 0 bridgehead atoms. The molecule has 2 aromatic heterocycles. The van der Waals surface area contributed by atoms with Crippen molar-refractivity contribution in [2.45, 2.75) is 18.6 Å². The summed E-state index contributed by atoms with van der Waals surface area (Å²) in [5.41, 5.74) is 1.92. The summed E-state index contributed by atoms with van der Waals surface area (Å²) in [5, 5.41) is 0. The predicted octanol–water partition coefficient (Wildman–Crippen LogP) is 4.58. The van der Waals surface area contributed by atoms with Crippen molar-refractivity contribution < 1.29 is 13.2 Å². The molecule has 0 aliphatic carbocycles. The number of alkyl halides is 3. The van der Waals surface area contributed by atoms with Gasteiger partial charge in [0.05, 0.1) is 18.2 Å². The number of furan rings is 1. The first-order valence-corrected chi connectivity index (χ1v) is 8.38. The highest BCUT2D eigenvalue weighted by molar-refractivity contribution is 6.22. The van der Waals surface area contributed by atoms with E-state index in [1.165, 1.54) is 6.20 Å². The van der Waals surface area contributed by atoms with Gasteiger partial charge in [-0.1, -0.05) is 35.9 Å². The molecule has 4 rings (SSSR count). The Balaban J connectivity index is 1.56. The van der Waals surface area contributed by atoms with E-state index in [0.29, 0.717) is 18.1 Å². The van der Waals surface area contributed by atoms with Gasteiger partial charge in [-0.25, -0.2) is 18.8 Å². The van der Waals surface area contributed by atoms with E-state index in [0.717, 1.165) is 16.8 Å². The summed E-state index contributed by atoms with van der Waals surface area (Å²) in [4.78, 5) is 10.1. The van der Waals surface area contributed by atoms with Crippen LogP contribution in [0.2, 0.25) is 0 Å². The van der Waals surface area contributed by atoms with Crippen LogP contribution in [0.4, 0.5) is 14.5 Å². The molecule has 3 aromatic rings. The molecule has 0 saturated carbocycles. The topological polar surface area (TPSA) is 46.6 Å². The van der Waals surface area contributed by atoms with Gasteiger partial charge in [-0.05, 0) is 5.56 Å². The molecule has 26 heavy (non-hydrogen) atoms. The molecule has 1 unspecified atom stereocenters. The van der Waals surface area contributed by atoms with Crippen molar-refractivity contribution >= 4 is 23.5 Å². The Morgan fingerprint density at radius 1 is 1.23 bits per heavy atom. The van der Waals surface area contributed by atoms with Crippen molar-refractivity contribution in [2.75, 3.05) is 4.90 Å². The highest BCUT2D eigenvalue weighted by Crippen LogP contribution is 2.30. The van der Waals surface area contributed by atoms with Crippen molar-refractivity contribution in [1.82, 2.24) is 9.55 Å². The molecule has 1 aliphatic rings. The maximum Gasteiger partial charge on any atom is 0.281 e. The lowest BCUT2D eigenvalue weighted by molar-refractivity contribution is 0.146. The summed E-state index contributed by atoms with van der Waals surface area (Å²) < 4.78 is 32.6. The number of aryl methyl sites for hydroxylation is 1. The summed E-state index contributed by atoms with van der Waals surface area (Å²) >= 11 is 6.30. The first-order chi connectivity index (χ1) is 12.5. The van der Waals surface area contributed by atoms with Gasteiger partial charge in [0.1, 0.15) is 11.5 Å². The first kappa shape index (κ1) is 16.8. The number of halogens is 3. The number of aromatic nitrogens is 2. The van der Waals surface area contributed by atoms with Crippen molar-refractivity contribution in [3.8, 4) is 11.4 Å². The zero-order valence-corrected chi connectivity index (χ0v) is 14.6. The fraction of sp³-hybridized carbons (Fsp3) is 0.222. The van der Waals surface area contributed by atoms with Crippen LogP contribution in [0.1, 0.15) is 23.4 Å². The molecule has 0 spiro atoms.